The van der Waals surface area contributed by atoms with Crippen molar-refractivity contribution in [1.82, 2.24) is 5.01 Å². The molecular formula is C19H25N3Si. The van der Waals surface area contributed by atoms with Crippen LogP contribution < -0.4 is 0 Å². The lowest BCUT2D eigenvalue weighted by Crippen LogP contribution is -2.16. The van der Waals surface area contributed by atoms with Gasteiger partial charge in [0.25, 0.3) is 0 Å². The van der Waals surface area contributed by atoms with E-state index in [1.807, 2.05) is 17.1 Å². The number of nitrogens with zero attached hydrogens (tertiary/aromatic N) is 3. The molecule has 0 saturated carbocycles. The maximum atomic E-state index is 4.54. The van der Waals surface area contributed by atoms with Gasteiger partial charge in [0.1, 0.15) is 13.8 Å². The Balaban J connectivity index is 2.58. The van der Waals surface area contributed by atoms with Gasteiger partial charge in [0.2, 0.25) is 0 Å². The highest BCUT2D eigenvalue weighted by molar-refractivity contribution is 6.83. The molecule has 0 aliphatic carbocycles. The lowest BCUT2D eigenvalue weighted by Gasteiger charge is -2.12. The minimum absolute atomic E-state index is 0.848. The predicted octanol–water partition coefficient (Wildman–Crippen LogP) is 5.41. The number of benzene rings is 2. The fourth-order valence-corrected chi connectivity index (χ4v) is 2.69. The molecule has 0 aromatic heterocycles. The first-order chi connectivity index (χ1) is 10.9. The molecule has 23 heavy (non-hydrogen) atoms. The zero-order chi connectivity index (χ0) is 16.9. The fourth-order valence-electron chi connectivity index (χ4n) is 2.18. The third-order valence-electron chi connectivity index (χ3n) is 3.47. The first kappa shape index (κ1) is 17.2. The molecule has 2 aromatic carbocycles. The second-order valence-electron chi connectivity index (χ2n) is 6.51. The van der Waals surface area contributed by atoms with E-state index < -0.39 is 8.07 Å². The Hall–Kier alpha value is -2.12. The molecule has 0 spiro atoms. The highest BCUT2D eigenvalue weighted by Gasteiger charge is 2.10. The van der Waals surface area contributed by atoms with Crippen LogP contribution in [-0.2, 0) is 0 Å². The molecule has 2 aromatic rings. The van der Waals surface area contributed by atoms with Gasteiger partial charge in [-0.1, -0.05) is 61.1 Å². The van der Waals surface area contributed by atoms with Crippen molar-refractivity contribution < 1.29 is 0 Å². The van der Waals surface area contributed by atoms with Crippen LogP contribution in [0.2, 0.25) is 19.6 Å². The van der Waals surface area contributed by atoms with Crippen LogP contribution in [0.1, 0.15) is 19.4 Å². The maximum Gasteiger partial charge on any atom is 0.129 e. The number of hydrogen-bond acceptors (Lipinski definition) is 2. The van der Waals surface area contributed by atoms with Gasteiger partial charge >= 0.3 is 0 Å². The molecule has 120 valence electrons. The minimum atomic E-state index is -1.43. The van der Waals surface area contributed by atoms with Gasteiger partial charge in [0.05, 0.1) is 5.56 Å². The zero-order valence-corrected chi connectivity index (χ0v) is 15.7. The van der Waals surface area contributed by atoms with Crippen molar-refractivity contribution >= 4 is 24.5 Å². The van der Waals surface area contributed by atoms with E-state index in [1.165, 1.54) is 5.39 Å². The molecule has 4 heteroatoms. The van der Waals surface area contributed by atoms with Crippen LogP contribution in [0.3, 0.4) is 0 Å². The quantitative estimate of drug-likeness (QED) is 0.320. The number of fused-ring (bicyclic) bond motifs is 1. The molecule has 0 radical (unpaired) electrons. The molecule has 0 unspecified atom stereocenters. The second-order valence-corrected chi connectivity index (χ2v) is 11.3. The van der Waals surface area contributed by atoms with Crippen LogP contribution in [0.5, 0.6) is 0 Å². The summed E-state index contributed by atoms with van der Waals surface area (Å²) >= 11 is 0. The molecule has 0 aliphatic heterocycles. The van der Waals surface area contributed by atoms with Gasteiger partial charge in [-0.15, -0.1) is 10.7 Å². The lowest BCUT2D eigenvalue weighted by atomic mass is 10.0. The highest BCUT2D eigenvalue weighted by atomic mass is 28.3. The molecule has 0 bridgehead atoms. The third kappa shape index (κ3) is 4.67. The SMILES string of the molecule is CCN(CC)N=Nc1c(C#C[Si](C)(C)C)ccc2ccccc12. The summed E-state index contributed by atoms with van der Waals surface area (Å²) in [6.45, 7) is 12.6. The molecule has 0 amide bonds. The summed E-state index contributed by atoms with van der Waals surface area (Å²) < 4.78 is 0. The Morgan fingerprint density at radius 3 is 2.35 bits per heavy atom. The van der Waals surface area contributed by atoms with Gasteiger partial charge < -0.3 is 0 Å². The Labute approximate surface area is 140 Å². The summed E-state index contributed by atoms with van der Waals surface area (Å²) in [6.07, 6.45) is 0. The fraction of sp³-hybridized carbons (Fsp3) is 0.368. The van der Waals surface area contributed by atoms with E-state index in [2.05, 4.69) is 79.6 Å². The summed E-state index contributed by atoms with van der Waals surface area (Å²) in [4.78, 5) is 0. The van der Waals surface area contributed by atoms with E-state index in [9.17, 15) is 0 Å². The van der Waals surface area contributed by atoms with Crippen molar-refractivity contribution in [1.29, 1.82) is 0 Å². The van der Waals surface area contributed by atoms with Crippen molar-refractivity contribution in [3.63, 3.8) is 0 Å². The monoisotopic (exact) mass is 323 g/mol. The average Bonchev–Trinajstić information content (AvgIpc) is 2.53. The van der Waals surface area contributed by atoms with Gasteiger partial charge in [0.15, 0.2) is 0 Å². The summed E-state index contributed by atoms with van der Waals surface area (Å²) in [5, 5.41) is 13.1. The van der Waals surface area contributed by atoms with Crippen LogP contribution in [0.25, 0.3) is 10.8 Å². The van der Waals surface area contributed by atoms with E-state index >= 15 is 0 Å². The molecule has 0 aliphatic rings. The average molecular weight is 324 g/mol. The maximum absolute atomic E-state index is 4.54. The topological polar surface area (TPSA) is 28.0 Å². The molecule has 0 fully saturated rings. The van der Waals surface area contributed by atoms with E-state index in [4.69, 9.17) is 0 Å². The first-order valence-electron chi connectivity index (χ1n) is 8.16. The Kier molecular flexibility index (Phi) is 5.57. The van der Waals surface area contributed by atoms with Gasteiger partial charge in [-0.25, -0.2) is 0 Å². The lowest BCUT2D eigenvalue weighted by molar-refractivity contribution is 0.301. The van der Waals surface area contributed by atoms with Gasteiger partial charge in [-0.05, 0) is 25.3 Å². The highest BCUT2D eigenvalue weighted by Crippen LogP contribution is 2.30. The van der Waals surface area contributed by atoms with Gasteiger partial charge in [0, 0.05) is 18.5 Å². The Morgan fingerprint density at radius 1 is 1.00 bits per heavy atom. The molecule has 2 rings (SSSR count). The third-order valence-corrected chi connectivity index (χ3v) is 4.35. The van der Waals surface area contributed by atoms with Crippen molar-refractivity contribution in [2.75, 3.05) is 13.1 Å². The molecule has 0 saturated heterocycles. The van der Waals surface area contributed by atoms with Crippen molar-refractivity contribution in [2.24, 2.45) is 10.3 Å². The summed E-state index contributed by atoms with van der Waals surface area (Å²) in [7, 11) is -1.43. The van der Waals surface area contributed by atoms with E-state index in [-0.39, 0.29) is 0 Å². The normalized spacial score (nSPS) is 11.5. The molecule has 0 atom stereocenters. The van der Waals surface area contributed by atoms with Crippen LogP contribution in [0.15, 0.2) is 46.7 Å². The summed E-state index contributed by atoms with van der Waals surface area (Å²) in [5.74, 6) is 3.34. The zero-order valence-electron chi connectivity index (χ0n) is 14.7. The van der Waals surface area contributed by atoms with Crippen LogP contribution >= 0.6 is 0 Å². The largest absolute Gasteiger partial charge is 0.279 e. The van der Waals surface area contributed by atoms with E-state index in [0.717, 1.165) is 29.7 Å². The van der Waals surface area contributed by atoms with Crippen molar-refractivity contribution in [2.45, 2.75) is 33.5 Å². The minimum Gasteiger partial charge on any atom is -0.279 e. The van der Waals surface area contributed by atoms with Gasteiger partial charge in [-0.2, -0.15) is 0 Å². The Morgan fingerprint density at radius 2 is 1.70 bits per heavy atom. The van der Waals surface area contributed by atoms with Crippen molar-refractivity contribution in [3.05, 3.63) is 42.0 Å². The predicted molar refractivity (Wildman–Crippen MR) is 102 cm³/mol. The first-order valence-corrected chi connectivity index (χ1v) is 11.7. The number of hydrogen-bond donors (Lipinski definition) is 0. The summed E-state index contributed by atoms with van der Waals surface area (Å²) in [6, 6.07) is 12.4. The Bertz CT molecular complexity index is 760. The van der Waals surface area contributed by atoms with E-state index in [1.54, 1.807) is 0 Å². The van der Waals surface area contributed by atoms with E-state index in [0.29, 0.717) is 0 Å². The number of rotatable bonds is 4. The molecule has 0 heterocycles. The van der Waals surface area contributed by atoms with Gasteiger partial charge in [-0.3, -0.25) is 5.01 Å². The molecule has 3 nitrogen and oxygen atoms in total. The van der Waals surface area contributed by atoms with Crippen LogP contribution in [-0.4, -0.2) is 26.2 Å². The standard InChI is InChI=1S/C19H25N3Si/c1-6-22(7-2)21-20-19-17(14-15-23(3,4)5)13-12-16-10-8-9-11-18(16)19/h8-13H,6-7H2,1-5H3. The van der Waals surface area contributed by atoms with Crippen LogP contribution in [0.4, 0.5) is 5.69 Å². The summed E-state index contributed by atoms with van der Waals surface area (Å²) in [5.41, 5.74) is 5.27. The van der Waals surface area contributed by atoms with Crippen molar-refractivity contribution in [3.8, 4) is 11.5 Å². The van der Waals surface area contributed by atoms with Crippen LogP contribution in [0, 0.1) is 11.5 Å². The smallest absolute Gasteiger partial charge is 0.129 e. The molecular weight excluding hydrogens is 298 g/mol. The second kappa shape index (κ2) is 7.43. The molecule has 0 N–H and O–H groups in total.